The molecule has 2 aromatic rings. The number of halogens is 6. The van der Waals surface area contributed by atoms with Crippen LogP contribution in [0.3, 0.4) is 0 Å². The molecule has 0 bridgehead atoms. The molecule has 0 radical (unpaired) electrons. The molecule has 14 nitrogen and oxygen atoms in total. The molecule has 3 heterocycles. The van der Waals surface area contributed by atoms with E-state index in [0.29, 0.717) is 17.0 Å². The first-order valence-electron chi connectivity index (χ1n) is 14.7. The Morgan fingerprint density at radius 3 is 1.88 bits per heavy atom. The number of aliphatic carboxylic acids is 2. The van der Waals surface area contributed by atoms with Crippen molar-refractivity contribution in [2.45, 2.75) is 63.0 Å². The Kier molecular flexibility index (Phi) is 9.94. The van der Waals surface area contributed by atoms with Crippen molar-refractivity contribution in [3.8, 4) is 0 Å². The summed E-state index contributed by atoms with van der Waals surface area (Å²) in [5.41, 5.74) is -5.37. The van der Waals surface area contributed by atoms with Crippen molar-refractivity contribution in [3.63, 3.8) is 0 Å². The van der Waals surface area contributed by atoms with E-state index in [9.17, 15) is 65.5 Å². The summed E-state index contributed by atoms with van der Waals surface area (Å²) in [7, 11) is -3.60. The number of likely N-dealkylation sites (tertiary alicyclic amines) is 1. The molecule has 1 fully saturated rings. The Morgan fingerprint density at radius 2 is 1.38 bits per heavy atom. The van der Waals surface area contributed by atoms with Crippen LogP contribution >= 0.6 is 0 Å². The number of benzene rings is 2. The molecule has 3 amide bonds. The van der Waals surface area contributed by atoms with Crippen molar-refractivity contribution < 1.29 is 79.9 Å². The highest BCUT2D eigenvalue weighted by atomic mass is 19.4. The zero-order chi connectivity index (χ0) is 36.9. The molecule has 0 saturated carbocycles. The number of hydrogen-bond donors (Lipinski definition) is 6. The SMILES string of the molecule is O=C(O)CC[C@H](NC(=O)[C@@H]1C[C@H](NC(=O)c2cc3c(c(C(F)(F)F)c2)COB3O)CN1C(=O)c1cc2c(c(C(F)(F)F)c1)COB2O)C(=O)O. The molecule has 2 aromatic carbocycles. The number of carbonyl (C=O) groups excluding carboxylic acids is 3. The Morgan fingerprint density at radius 1 is 0.860 bits per heavy atom. The second kappa shape index (κ2) is 13.6. The predicted molar refractivity (Wildman–Crippen MR) is 155 cm³/mol. The Labute approximate surface area is 277 Å². The van der Waals surface area contributed by atoms with Crippen LogP contribution in [0.25, 0.3) is 0 Å². The normalized spacial score (nSPS) is 19.2. The third-order valence-corrected chi connectivity index (χ3v) is 8.45. The van der Waals surface area contributed by atoms with Crippen LogP contribution in [0, 0.1) is 0 Å². The molecule has 1 saturated heterocycles. The standard InChI is InChI=1S/C28H25B2F6N3O11/c31-27(32,33)16-3-11(5-18-14(16)9-49-29(18)47)23(42)37-13-7-21(24(43)38-20(26(45)46)1-2-22(40)41)39(8-13)25(44)12-4-17(28(34,35)36)15-10-50-30(48)19(15)6-12/h3-6,13,20-21,47-48H,1-2,7-10H2,(H,37,42)(H,38,43)(H,40,41)(H,45,46)/t13-,20-,21-/m0/s1. The summed E-state index contributed by atoms with van der Waals surface area (Å²) in [6.07, 6.45) is -11.8. The van der Waals surface area contributed by atoms with Crippen molar-refractivity contribution >= 4 is 54.8 Å². The Bertz CT molecular complexity index is 1760. The van der Waals surface area contributed by atoms with Crippen LogP contribution in [0.2, 0.25) is 0 Å². The largest absolute Gasteiger partial charge is 0.491 e. The summed E-state index contributed by atoms with van der Waals surface area (Å²) in [6.45, 7) is -1.83. The molecule has 3 aliphatic heterocycles. The van der Waals surface area contributed by atoms with Gasteiger partial charge in [0.15, 0.2) is 0 Å². The molecular formula is C28H25B2F6N3O11. The van der Waals surface area contributed by atoms with E-state index in [-0.39, 0.29) is 10.9 Å². The summed E-state index contributed by atoms with van der Waals surface area (Å²) < 4.78 is 93.0. The first-order chi connectivity index (χ1) is 23.3. The predicted octanol–water partition coefficient (Wildman–Crippen LogP) is -0.393. The van der Waals surface area contributed by atoms with Crippen molar-refractivity contribution in [2.24, 2.45) is 0 Å². The summed E-state index contributed by atoms with van der Waals surface area (Å²) in [4.78, 5) is 63.9. The molecule has 0 aromatic heterocycles. The third kappa shape index (κ3) is 7.42. The highest BCUT2D eigenvalue weighted by molar-refractivity contribution is 6.62. The second-order valence-corrected chi connectivity index (χ2v) is 11.7. The number of nitrogens with one attached hydrogen (secondary N) is 2. The fraction of sp³-hybridized carbons (Fsp3) is 0.393. The van der Waals surface area contributed by atoms with Gasteiger partial charge in [0.25, 0.3) is 11.8 Å². The van der Waals surface area contributed by atoms with Crippen LogP contribution in [0.5, 0.6) is 0 Å². The van der Waals surface area contributed by atoms with Crippen LogP contribution in [-0.2, 0) is 49.3 Å². The molecule has 266 valence electrons. The molecule has 3 aliphatic rings. The van der Waals surface area contributed by atoms with Gasteiger partial charge < -0.3 is 45.1 Å². The number of alkyl halides is 6. The number of nitrogens with zero attached hydrogens (tertiary/aromatic N) is 1. The lowest BCUT2D eigenvalue weighted by Crippen LogP contribution is -2.51. The molecule has 0 unspecified atom stereocenters. The monoisotopic (exact) mass is 715 g/mol. The average molecular weight is 715 g/mol. The van der Waals surface area contributed by atoms with E-state index >= 15 is 0 Å². The first kappa shape index (κ1) is 36.6. The Hall–Kier alpha value is -4.66. The van der Waals surface area contributed by atoms with Gasteiger partial charge in [0.1, 0.15) is 12.1 Å². The number of carboxylic acids is 2. The lowest BCUT2D eigenvalue weighted by Gasteiger charge is -2.26. The maximum atomic E-state index is 14.0. The number of fused-ring (bicyclic) bond motifs is 2. The van der Waals surface area contributed by atoms with E-state index in [1.165, 1.54) is 0 Å². The van der Waals surface area contributed by atoms with Gasteiger partial charge in [-0.1, -0.05) is 0 Å². The molecule has 6 N–H and O–H groups in total. The van der Waals surface area contributed by atoms with Crippen molar-refractivity contribution in [3.05, 3.63) is 57.6 Å². The van der Waals surface area contributed by atoms with Gasteiger partial charge >= 0.3 is 38.5 Å². The lowest BCUT2D eigenvalue weighted by atomic mass is 9.77. The molecule has 5 rings (SSSR count). The molecule has 0 aliphatic carbocycles. The number of amides is 3. The van der Waals surface area contributed by atoms with Gasteiger partial charge in [-0.3, -0.25) is 19.2 Å². The topological polar surface area (TPSA) is 212 Å². The molecular weight excluding hydrogens is 690 g/mol. The van der Waals surface area contributed by atoms with Crippen LogP contribution in [-0.4, -0.2) is 93.7 Å². The zero-order valence-electron chi connectivity index (χ0n) is 25.3. The van der Waals surface area contributed by atoms with Crippen molar-refractivity contribution in [1.82, 2.24) is 15.5 Å². The van der Waals surface area contributed by atoms with Crippen LogP contribution < -0.4 is 21.6 Å². The average Bonchev–Trinajstić information content (AvgIpc) is 3.73. The van der Waals surface area contributed by atoms with Gasteiger partial charge in [-0.25, -0.2) is 4.79 Å². The van der Waals surface area contributed by atoms with E-state index in [1.807, 2.05) is 0 Å². The number of carboxylic acid groups (broad SMARTS) is 2. The lowest BCUT2D eigenvalue weighted by molar-refractivity contribution is -0.143. The summed E-state index contributed by atoms with van der Waals surface area (Å²) in [6, 6.07) is -1.89. The third-order valence-electron chi connectivity index (χ3n) is 8.45. The minimum atomic E-state index is -5.02. The van der Waals surface area contributed by atoms with Crippen molar-refractivity contribution in [1.29, 1.82) is 0 Å². The minimum Gasteiger partial charge on any atom is -0.481 e. The van der Waals surface area contributed by atoms with Gasteiger partial charge in [-0.05, 0) is 59.2 Å². The van der Waals surface area contributed by atoms with Gasteiger partial charge in [-0.15, -0.1) is 0 Å². The first-order valence-corrected chi connectivity index (χ1v) is 14.7. The zero-order valence-corrected chi connectivity index (χ0v) is 25.3. The van der Waals surface area contributed by atoms with Gasteiger partial charge in [0, 0.05) is 30.1 Å². The molecule has 50 heavy (non-hydrogen) atoms. The van der Waals surface area contributed by atoms with E-state index in [1.54, 1.807) is 0 Å². The molecule has 22 heteroatoms. The summed E-state index contributed by atoms with van der Waals surface area (Å²) in [5.74, 6) is -6.62. The van der Waals surface area contributed by atoms with E-state index in [0.717, 1.165) is 12.1 Å². The quantitative estimate of drug-likeness (QED) is 0.145. The number of carbonyl (C=O) groups is 5. The van der Waals surface area contributed by atoms with Crippen LogP contribution in [0.1, 0.15) is 62.2 Å². The van der Waals surface area contributed by atoms with E-state index in [4.69, 9.17) is 14.4 Å². The van der Waals surface area contributed by atoms with Crippen LogP contribution in [0.15, 0.2) is 24.3 Å². The van der Waals surface area contributed by atoms with Gasteiger partial charge in [-0.2, -0.15) is 26.3 Å². The minimum absolute atomic E-state index is 0.324. The highest BCUT2D eigenvalue weighted by Gasteiger charge is 2.45. The summed E-state index contributed by atoms with van der Waals surface area (Å²) >= 11 is 0. The maximum absolute atomic E-state index is 14.0. The fourth-order valence-electron chi connectivity index (χ4n) is 6.06. The van der Waals surface area contributed by atoms with Crippen LogP contribution in [0.4, 0.5) is 26.3 Å². The van der Waals surface area contributed by atoms with Crippen molar-refractivity contribution in [2.75, 3.05) is 6.54 Å². The molecule has 0 spiro atoms. The maximum Gasteiger partial charge on any atom is 0.491 e. The smallest absolute Gasteiger partial charge is 0.481 e. The van der Waals surface area contributed by atoms with E-state index in [2.05, 4.69) is 10.6 Å². The number of rotatable bonds is 9. The van der Waals surface area contributed by atoms with Gasteiger partial charge in [0.2, 0.25) is 5.91 Å². The van der Waals surface area contributed by atoms with Gasteiger partial charge in [0.05, 0.1) is 24.3 Å². The number of hydrogen-bond acceptors (Lipinski definition) is 9. The Balaban J connectivity index is 1.47. The highest BCUT2D eigenvalue weighted by Crippen LogP contribution is 2.36. The second-order valence-electron chi connectivity index (χ2n) is 11.7. The van der Waals surface area contributed by atoms with E-state index < -0.39 is 147 Å². The fourth-order valence-corrected chi connectivity index (χ4v) is 6.06. The molecule has 3 atom stereocenters. The summed E-state index contributed by atoms with van der Waals surface area (Å²) in [5, 5.41) is 43.0.